The highest BCUT2D eigenvalue weighted by molar-refractivity contribution is 5.85. The SMILES string of the molecule is CCCCO[N+](=O)[O-].NC(=O)CC(NC=O)C(=O)OCCCCO[N+](=O)[O-]. The van der Waals surface area contributed by atoms with Gasteiger partial charge in [-0.3, -0.25) is 9.59 Å². The number of nitrogens with one attached hydrogen (secondary N) is 1. The third-order valence-corrected chi connectivity index (χ3v) is 2.63. The summed E-state index contributed by atoms with van der Waals surface area (Å²) in [4.78, 5) is 59.6. The van der Waals surface area contributed by atoms with E-state index in [0.717, 1.165) is 12.8 Å². The van der Waals surface area contributed by atoms with Gasteiger partial charge in [-0.25, -0.2) is 4.79 Å². The minimum Gasteiger partial charge on any atom is -0.464 e. The number of ether oxygens (including phenoxy) is 1. The van der Waals surface area contributed by atoms with E-state index >= 15 is 0 Å². The molecule has 2 amide bonds. The number of amides is 2. The van der Waals surface area contributed by atoms with Gasteiger partial charge in [0.1, 0.15) is 6.04 Å². The van der Waals surface area contributed by atoms with E-state index in [2.05, 4.69) is 15.0 Å². The molecule has 0 aliphatic heterocycles. The first kappa shape index (κ1) is 26.0. The maximum Gasteiger partial charge on any atom is 0.329 e. The van der Waals surface area contributed by atoms with E-state index in [-0.39, 0.29) is 32.7 Å². The van der Waals surface area contributed by atoms with Crippen LogP contribution in [0.25, 0.3) is 0 Å². The molecule has 0 saturated carbocycles. The smallest absolute Gasteiger partial charge is 0.329 e. The molecule has 0 saturated heterocycles. The van der Waals surface area contributed by atoms with Crippen LogP contribution in [0.2, 0.25) is 0 Å². The lowest BCUT2D eigenvalue weighted by molar-refractivity contribution is -0.757. The number of nitrogens with two attached hydrogens (primary N) is 1. The van der Waals surface area contributed by atoms with Crippen LogP contribution in [-0.4, -0.2) is 54.3 Å². The summed E-state index contributed by atoms with van der Waals surface area (Å²) in [6, 6.07) is -1.12. The van der Waals surface area contributed by atoms with E-state index in [1.807, 2.05) is 6.92 Å². The molecule has 0 aromatic carbocycles. The van der Waals surface area contributed by atoms with E-state index in [1.165, 1.54) is 0 Å². The number of primary amides is 1. The van der Waals surface area contributed by atoms with E-state index in [4.69, 9.17) is 10.5 Å². The van der Waals surface area contributed by atoms with Crippen molar-refractivity contribution in [1.82, 2.24) is 5.32 Å². The molecule has 1 atom stereocenters. The highest BCUT2D eigenvalue weighted by atomic mass is 17.0. The maximum absolute atomic E-state index is 11.4. The van der Waals surface area contributed by atoms with Crippen LogP contribution in [0.4, 0.5) is 0 Å². The van der Waals surface area contributed by atoms with Crippen molar-refractivity contribution in [2.24, 2.45) is 5.73 Å². The van der Waals surface area contributed by atoms with Crippen molar-refractivity contribution >= 4 is 18.3 Å². The standard InChI is InChI=1S/C9H15N3O7.C4H9NO3/c10-8(14)5-7(11-6-13)9(15)18-3-1-2-4-19-12(16)17;1-2-3-4-8-5(6)7/h6-7H,1-5H2,(H2,10,14)(H,11,13);2-4H2,1H3. The zero-order valence-electron chi connectivity index (χ0n) is 14.9. The van der Waals surface area contributed by atoms with Gasteiger partial charge in [-0.15, -0.1) is 20.2 Å². The molecule has 156 valence electrons. The molecular formula is C13H24N4O10. The Morgan fingerprint density at radius 2 is 1.59 bits per heavy atom. The molecule has 0 spiro atoms. The lowest BCUT2D eigenvalue weighted by Crippen LogP contribution is -2.40. The number of esters is 1. The Morgan fingerprint density at radius 1 is 1.07 bits per heavy atom. The van der Waals surface area contributed by atoms with Crippen molar-refractivity contribution in [3.63, 3.8) is 0 Å². The minimum atomic E-state index is -1.12. The molecular weight excluding hydrogens is 372 g/mol. The Bertz CT molecular complexity index is 474. The summed E-state index contributed by atoms with van der Waals surface area (Å²) in [6.45, 7) is 2.07. The predicted molar refractivity (Wildman–Crippen MR) is 87.8 cm³/mol. The second-order valence-electron chi connectivity index (χ2n) is 4.85. The topological polar surface area (TPSA) is 203 Å². The first-order chi connectivity index (χ1) is 12.7. The predicted octanol–water partition coefficient (Wildman–Crippen LogP) is -0.497. The van der Waals surface area contributed by atoms with Gasteiger partial charge in [0.05, 0.1) is 26.2 Å². The molecule has 14 heteroatoms. The molecule has 0 rings (SSSR count). The Kier molecular flexibility index (Phi) is 17.0. The summed E-state index contributed by atoms with van der Waals surface area (Å²) in [5.41, 5.74) is 4.90. The second kappa shape index (κ2) is 17.6. The van der Waals surface area contributed by atoms with Crippen molar-refractivity contribution in [1.29, 1.82) is 0 Å². The van der Waals surface area contributed by atoms with E-state index in [0.29, 0.717) is 12.8 Å². The van der Waals surface area contributed by atoms with Crippen molar-refractivity contribution in [2.75, 3.05) is 19.8 Å². The third kappa shape index (κ3) is 20.8. The third-order valence-electron chi connectivity index (χ3n) is 2.63. The molecule has 14 nitrogen and oxygen atoms in total. The van der Waals surface area contributed by atoms with Gasteiger partial charge in [0.2, 0.25) is 12.3 Å². The monoisotopic (exact) mass is 396 g/mol. The van der Waals surface area contributed by atoms with Gasteiger partial charge >= 0.3 is 5.97 Å². The van der Waals surface area contributed by atoms with Gasteiger partial charge in [-0.2, -0.15) is 0 Å². The lowest BCUT2D eigenvalue weighted by atomic mass is 10.2. The van der Waals surface area contributed by atoms with Crippen LogP contribution < -0.4 is 11.1 Å². The van der Waals surface area contributed by atoms with Crippen LogP contribution >= 0.6 is 0 Å². The first-order valence-electron chi connectivity index (χ1n) is 7.93. The largest absolute Gasteiger partial charge is 0.464 e. The maximum atomic E-state index is 11.4. The van der Waals surface area contributed by atoms with Crippen molar-refractivity contribution in [2.45, 2.75) is 45.1 Å². The number of nitrogens with zero attached hydrogens (tertiary/aromatic N) is 2. The highest BCUT2D eigenvalue weighted by Gasteiger charge is 2.21. The molecule has 3 N–H and O–H groups in total. The summed E-state index contributed by atoms with van der Waals surface area (Å²) in [5, 5.41) is 19.7. The van der Waals surface area contributed by atoms with E-state index < -0.39 is 28.1 Å². The van der Waals surface area contributed by atoms with Gasteiger partial charge in [0.25, 0.3) is 10.2 Å². The first-order valence-corrected chi connectivity index (χ1v) is 7.93. The molecule has 0 bridgehead atoms. The molecule has 0 aromatic rings. The molecule has 0 heterocycles. The van der Waals surface area contributed by atoms with Crippen LogP contribution in [0.3, 0.4) is 0 Å². The molecule has 0 radical (unpaired) electrons. The van der Waals surface area contributed by atoms with E-state index in [1.54, 1.807) is 0 Å². The molecule has 1 unspecified atom stereocenters. The van der Waals surface area contributed by atoms with Crippen LogP contribution in [0.1, 0.15) is 39.0 Å². The van der Waals surface area contributed by atoms with Gasteiger partial charge in [0, 0.05) is 0 Å². The quantitative estimate of drug-likeness (QED) is 0.119. The summed E-state index contributed by atoms with van der Waals surface area (Å²) in [6.07, 6.45) is 2.26. The lowest BCUT2D eigenvalue weighted by Gasteiger charge is -2.13. The van der Waals surface area contributed by atoms with Gasteiger partial charge in [0.15, 0.2) is 0 Å². The van der Waals surface area contributed by atoms with Crippen LogP contribution in [0.5, 0.6) is 0 Å². The normalized spacial score (nSPS) is 10.4. The highest BCUT2D eigenvalue weighted by Crippen LogP contribution is 1.98. The van der Waals surface area contributed by atoms with Crippen molar-refractivity contribution in [3.05, 3.63) is 20.2 Å². The molecule has 27 heavy (non-hydrogen) atoms. The average molecular weight is 396 g/mol. The number of carbonyl (C=O) groups is 3. The van der Waals surface area contributed by atoms with Crippen molar-refractivity contribution < 1.29 is 39.0 Å². The van der Waals surface area contributed by atoms with Crippen LogP contribution in [0.15, 0.2) is 0 Å². The molecule has 0 aliphatic carbocycles. The summed E-state index contributed by atoms with van der Waals surface area (Å²) < 4.78 is 4.77. The van der Waals surface area contributed by atoms with E-state index in [9.17, 15) is 34.6 Å². The Hall–Kier alpha value is -3.19. The van der Waals surface area contributed by atoms with Crippen LogP contribution in [0, 0.1) is 20.2 Å². The average Bonchev–Trinajstić information content (AvgIpc) is 2.57. The molecule has 0 fully saturated rings. The number of carbonyl (C=O) groups excluding carboxylic acids is 3. The molecule has 0 aliphatic rings. The molecule has 0 aromatic heterocycles. The van der Waals surface area contributed by atoms with Gasteiger partial charge in [-0.05, 0) is 19.3 Å². The number of hydrogen-bond acceptors (Lipinski definition) is 10. The fourth-order valence-electron chi connectivity index (χ4n) is 1.39. The number of hydrogen-bond donors (Lipinski definition) is 2. The Labute approximate surface area is 154 Å². The summed E-state index contributed by atoms with van der Waals surface area (Å²) >= 11 is 0. The number of unbranched alkanes of at least 4 members (excludes halogenated alkanes) is 2. The van der Waals surface area contributed by atoms with Crippen LogP contribution in [-0.2, 0) is 28.8 Å². The number of rotatable bonds is 15. The summed E-state index contributed by atoms with van der Waals surface area (Å²) in [7, 11) is 0. The van der Waals surface area contributed by atoms with Crippen molar-refractivity contribution in [3.8, 4) is 0 Å². The summed E-state index contributed by atoms with van der Waals surface area (Å²) in [5.74, 6) is -1.54. The van der Waals surface area contributed by atoms with Gasteiger partial charge in [-0.1, -0.05) is 13.3 Å². The second-order valence-corrected chi connectivity index (χ2v) is 4.85. The zero-order valence-corrected chi connectivity index (χ0v) is 14.9. The minimum absolute atomic E-state index is 0.00426. The fraction of sp³-hybridized carbons (Fsp3) is 0.769. The zero-order chi connectivity index (χ0) is 21.1. The van der Waals surface area contributed by atoms with Gasteiger partial charge < -0.3 is 25.5 Å². The Balaban J connectivity index is 0. The Morgan fingerprint density at radius 3 is 2.04 bits per heavy atom. The fourth-order valence-corrected chi connectivity index (χ4v) is 1.39.